The summed E-state index contributed by atoms with van der Waals surface area (Å²) in [6.45, 7) is -2.06. The van der Waals surface area contributed by atoms with E-state index in [-0.39, 0.29) is 24.7 Å². The Labute approximate surface area is 162 Å². The van der Waals surface area contributed by atoms with E-state index >= 15 is 0 Å². The first kappa shape index (κ1) is 18.6. The summed E-state index contributed by atoms with van der Waals surface area (Å²) >= 11 is 5.84. The van der Waals surface area contributed by atoms with E-state index < -0.39 is 29.6 Å². The molecule has 0 bridgehead atoms. The molecule has 0 atom stereocenters. The molecule has 0 N–H and O–H groups in total. The predicted molar refractivity (Wildman–Crippen MR) is 98.5 cm³/mol. The molecule has 0 radical (unpaired) electrons. The van der Waals surface area contributed by atoms with E-state index in [1.165, 1.54) is 33.9 Å². The van der Waals surface area contributed by atoms with Gasteiger partial charge in [0.15, 0.2) is 5.67 Å². The van der Waals surface area contributed by atoms with E-state index in [1.807, 2.05) is 0 Å². The van der Waals surface area contributed by atoms with Gasteiger partial charge < -0.3 is 13.9 Å². The molecule has 1 saturated heterocycles. The molecule has 1 fully saturated rings. The summed E-state index contributed by atoms with van der Waals surface area (Å²) in [5, 5.41) is -0.0661. The second-order valence-corrected chi connectivity index (χ2v) is 7.29. The van der Waals surface area contributed by atoms with Gasteiger partial charge in [-0.3, -0.25) is 9.59 Å². The highest BCUT2D eigenvalue weighted by atomic mass is 35.5. The molecule has 0 saturated carbocycles. The number of amides is 1. The van der Waals surface area contributed by atoms with Crippen LogP contribution >= 0.6 is 11.6 Å². The van der Waals surface area contributed by atoms with Crippen molar-refractivity contribution in [2.24, 2.45) is 0 Å². The van der Waals surface area contributed by atoms with Crippen LogP contribution in [0.4, 0.5) is 13.2 Å². The van der Waals surface area contributed by atoms with Crippen molar-refractivity contribution in [3.63, 3.8) is 0 Å². The smallest absolute Gasteiger partial charge is 0.275 e. The largest absolute Gasteiger partial charge is 0.334 e. The van der Waals surface area contributed by atoms with Crippen molar-refractivity contribution < 1.29 is 18.0 Å². The number of likely N-dealkylation sites (tertiary alicyclic amines) is 1. The first-order valence-electron chi connectivity index (χ1n) is 8.49. The Kier molecular flexibility index (Phi) is 4.45. The molecule has 146 valence electrons. The highest BCUT2D eigenvalue weighted by Crippen LogP contribution is 2.28. The molecule has 0 unspecified atom stereocenters. The van der Waals surface area contributed by atoms with Crippen molar-refractivity contribution in [3.8, 4) is 11.1 Å². The highest BCUT2D eigenvalue weighted by Gasteiger charge is 2.45. The number of nitrogens with zero attached hydrogens (tertiary/aromatic N) is 3. The van der Waals surface area contributed by atoms with E-state index in [4.69, 9.17) is 11.6 Å². The Morgan fingerprint density at radius 1 is 1.18 bits per heavy atom. The molecular weight excluding hydrogens is 395 g/mol. The van der Waals surface area contributed by atoms with Crippen molar-refractivity contribution in [1.82, 2.24) is 13.9 Å². The van der Waals surface area contributed by atoms with Gasteiger partial charge in [-0.25, -0.2) is 13.2 Å². The number of rotatable bonds is 4. The number of fused-ring (bicyclic) bond motifs is 1. The Balaban J connectivity index is 1.66. The van der Waals surface area contributed by atoms with Crippen molar-refractivity contribution in [1.29, 1.82) is 0 Å². The molecular formula is C19H15ClF3N3O2. The minimum absolute atomic E-state index is 0.0661. The molecule has 5 nitrogen and oxygen atoms in total. The maximum absolute atomic E-state index is 13.7. The molecule has 28 heavy (non-hydrogen) atoms. The van der Waals surface area contributed by atoms with Crippen LogP contribution in [-0.2, 0) is 11.3 Å². The lowest BCUT2D eigenvalue weighted by Gasteiger charge is -2.42. The number of halogens is 4. The van der Waals surface area contributed by atoms with E-state index in [0.29, 0.717) is 16.6 Å². The minimum atomic E-state index is -1.98. The number of hydrogen-bond acceptors (Lipinski definition) is 2. The fraction of sp³-hybridized carbons (Fsp3) is 0.263. The molecule has 1 aliphatic heterocycles. The van der Waals surface area contributed by atoms with E-state index in [1.54, 1.807) is 22.9 Å². The average molecular weight is 410 g/mol. The van der Waals surface area contributed by atoms with Crippen LogP contribution in [0.3, 0.4) is 0 Å². The fourth-order valence-electron chi connectivity index (χ4n) is 3.32. The number of aromatic nitrogens is 2. The molecule has 0 spiro atoms. The van der Waals surface area contributed by atoms with E-state index in [2.05, 4.69) is 0 Å². The van der Waals surface area contributed by atoms with Crippen LogP contribution in [0, 0.1) is 5.82 Å². The van der Waals surface area contributed by atoms with Crippen molar-refractivity contribution in [2.45, 2.75) is 12.2 Å². The molecule has 3 aromatic rings. The van der Waals surface area contributed by atoms with Crippen LogP contribution in [-0.4, -0.2) is 45.2 Å². The van der Waals surface area contributed by atoms with E-state index in [9.17, 15) is 22.8 Å². The Bertz CT molecular complexity index is 1140. The Hall–Kier alpha value is -2.74. The van der Waals surface area contributed by atoms with E-state index in [0.717, 1.165) is 0 Å². The first-order valence-corrected chi connectivity index (χ1v) is 8.87. The molecule has 3 heterocycles. The fourth-order valence-corrected chi connectivity index (χ4v) is 3.50. The summed E-state index contributed by atoms with van der Waals surface area (Å²) < 4.78 is 42.4. The molecule has 1 aromatic carbocycles. The van der Waals surface area contributed by atoms with Crippen LogP contribution in [0.1, 0.15) is 0 Å². The summed E-state index contributed by atoms with van der Waals surface area (Å²) in [6, 6.07) is 5.84. The third-order valence-electron chi connectivity index (χ3n) is 4.86. The van der Waals surface area contributed by atoms with Gasteiger partial charge in [-0.2, -0.15) is 0 Å². The molecule has 2 aromatic heterocycles. The molecule has 9 heteroatoms. The summed E-state index contributed by atoms with van der Waals surface area (Å²) in [4.78, 5) is 26.4. The van der Waals surface area contributed by atoms with Crippen LogP contribution < -0.4 is 5.56 Å². The minimum Gasteiger partial charge on any atom is -0.334 e. The summed E-state index contributed by atoms with van der Waals surface area (Å²) in [6.07, 6.45) is 4.73. The van der Waals surface area contributed by atoms with Crippen molar-refractivity contribution >= 4 is 23.0 Å². The number of hydrogen-bond donors (Lipinski definition) is 0. The lowest BCUT2D eigenvalue weighted by molar-refractivity contribution is -0.147. The van der Waals surface area contributed by atoms with Gasteiger partial charge in [0, 0.05) is 24.2 Å². The quantitative estimate of drug-likeness (QED) is 0.665. The van der Waals surface area contributed by atoms with Crippen LogP contribution in [0.25, 0.3) is 16.6 Å². The first-order chi connectivity index (χ1) is 13.3. The topological polar surface area (TPSA) is 46.7 Å². The maximum Gasteiger partial charge on any atom is 0.275 e. The molecule has 1 aliphatic rings. The monoisotopic (exact) mass is 409 g/mol. The standard InChI is InChI=1S/C19H15ClF3N3O2/c20-14-7-12(1-2-15(14)22)13-3-4-24-5-6-25(18(28)17(13)24)8-16(27)26-10-19(23,9-21)11-26/h1-7H,8-11H2. The van der Waals surface area contributed by atoms with Gasteiger partial charge in [0.1, 0.15) is 24.6 Å². The Morgan fingerprint density at radius 3 is 2.61 bits per heavy atom. The predicted octanol–water partition coefficient (Wildman–Crippen LogP) is 3.08. The average Bonchev–Trinajstić information content (AvgIpc) is 3.08. The zero-order chi connectivity index (χ0) is 20.1. The third kappa shape index (κ3) is 3.07. The maximum atomic E-state index is 13.7. The van der Waals surface area contributed by atoms with Crippen molar-refractivity contribution in [2.75, 3.05) is 19.8 Å². The van der Waals surface area contributed by atoms with Gasteiger partial charge in [-0.15, -0.1) is 0 Å². The highest BCUT2D eigenvalue weighted by molar-refractivity contribution is 6.31. The number of carbonyl (C=O) groups excluding carboxylic acids is 1. The molecule has 4 rings (SSSR count). The van der Waals surface area contributed by atoms with Gasteiger partial charge in [0.2, 0.25) is 5.91 Å². The lowest BCUT2D eigenvalue weighted by atomic mass is 9.98. The Morgan fingerprint density at radius 2 is 1.93 bits per heavy atom. The number of carbonyl (C=O) groups is 1. The second-order valence-electron chi connectivity index (χ2n) is 6.88. The van der Waals surface area contributed by atoms with Gasteiger partial charge in [0.25, 0.3) is 5.56 Å². The van der Waals surface area contributed by atoms with Gasteiger partial charge in [-0.05, 0) is 23.8 Å². The second kappa shape index (κ2) is 6.70. The zero-order valence-electron chi connectivity index (χ0n) is 14.5. The molecule has 0 aliphatic carbocycles. The SMILES string of the molecule is O=C(Cn1ccn2ccc(-c3ccc(F)c(Cl)c3)c2c1=O)N1CC(F)(CF)C1. The zero-order valence-corrected chi connectivity index (χ0v) is 15.3. The normalized spacial score (nSPS) is 15.6. The van der Waals surface area contributed by atoms with Crippen LogP contribution in [0.15, 0.2) is 47.7 Å². The number of alkyl halides is 2. The summed E-state index contributed by atoms with van der Waals surface area (Å²) in [7, 11) is 0. The van der Waals surface area contributed by atoms with Gasteiger partial charge in [0.05, 0.1) is 18.1 Å². The third-order valence-corrected chi connectivity index (χ3v) is 5.15. The summed E-state index contributed by atoms with van der Waals surface area (Å²) in [5.74, 6) is -1.03. The van der Waals surface area contributed by atoms with Crippen LogP contribution in [0.5, 0.6) is 0 Å². The summed E-state index contributed by atoms with van der Waals surface area (Å²) in [5.41, 5.74) is -1.03. The van der Waals surface area contributed by atoms with Gasteiger partial charge >= 0.3 is 0 Å². The lowest BCUT2D eigenvalue weighted by Crippen LogP contribution is -2.62. The van der Waals surface area contributed by atoms with Crippen molar-refractivity contribution in [3.05, 3.63) is 64.0 Å². The van der Waals surface area contributed by atoms with Gasteiger partial charge in [-0.1, -0.05) is 17.7 Å². The molecule has 1 amide bonds. The van der Waals surface area contributed by atoms with Crippen LogP contribution in [0.2, 0.25) is 5.02 Å². The number of benzene rings is 1.